The molecule has 44 valence electrons. The Balaban J connectivity index is 3.43. The molecule has 0 heterocycles. The van der Waals surface area contributed by atoms with Crippen LogP contribution >= 0.6 is 0 Å². The van der Waals surface area contributed by atoms with Crippen LogP contribution in [0.4, 0.5) is 0 Å². The largest absolute Gasteiger partial charge is 0.472 e. The van der Waals surface area contributed by atoms with Gasteiger partial charge in [0.2, 0.25) is 0 Å². The highest BCUT2D eigenvalue weighted by Gasteiger charge is 1.68. The van der Waals surface area contributed by atoms with E-state index in [-0.39, 0.29) is 0 Å². The van der Waals surface area contributed by atoms with Gasteiger partial charge in [0.1, 0.15) is 0 Å². The summed E-state index contributed by atoms with van der Waals surface area (Å²) in [5, 5.41) is 0. The molecule has 0 unspecified atom stereocenters. The van der Waals surface area contributed by atoms with Crippen molar-refractivity contribution in [3.8, 4) is 5.69 Å². The minimum Gasteiger partial charge on any atom is -0.472 e. The summed E-state index contributed by atoms with van der Waals surface area (Å²) in [7, 11) is 4.83. The molecule has 3 heteroatoms. The first-order valence-electron chi connectivity index (χ1n) is 1.89. The molecule has 0 fully saturated rings. The van der Waals surface area contributed by atoms with E-state index in [0.717, 1.165) is 0 Å². The van der Waals surface area contributed by atoms with Gasteiger partial charge in [-0.15, -0.1) is 0 Å². The van der Waals surface area contributed by atoms with E-state index in [1.807, 2.05) is 14.1 Å². The van der Waals surface area contributed by atoms with Crippen LogP contribution in [0.25, 0.3) is 0 Å². The van der Waals surface area contributed by atoms with E-state index < -0.39 is 10.8 Å². The molecule has 0 atom stereocenters. The summed E-state index contributed by atoms with van der Waals surface area (Å²) in [6.45, 7) is 0. The fourth-order valence-electron chi connectivity index (χ4n) is 0.149. The van der Waals surface area contributed by atoms with Gasteiger partial charge >= 0.3 is 0 Å². The van der Waals surface area contributed by atoms with E-state index in [0.29, 0.717) is 0 Å². The summed E-state index contributed by atoms with van der Waals surface area (Å²) in [4.78, 5) is 0. The third-order valence-corrected chi connectivity index (χ3v) is 1.59. The Kier molecular flexibility index (Phi) is 3.13. The second-order valence-corrected chi connectivity index (χ2v) is 2.87. The van der Waals surface area contributed by atoms with Crippen LogP contribution in [0.1, 0.15) is 0 Å². The summed E-state index contributed by atoms with van der Waals surface area (Å²) >= 11 is 0. The molecule has 0 aliphatic heterocycles. The lowest BCUT2D eigenvalue weighted by Gasteiger charge is -2.24. The van der Waals surface area contributed by atoms with Gasteiger partial charge < -0.3 is 8.49 Å². The first kappa shape index (κ1) is 7.05. The van der Waals surface area contributed by atoms with Crippen molar-refractivity contribution in [2.45, 2.75) is 0 Å². The van der Waals surface area contributed by atoms with Crippen LogP contribution in [-0.4, -0.2) is 25.5 Å². The molecule has 2 nitrogen and oxygen atoms in total. The Morgan fingerprint density at radius 1 is 1.57 bits per heavy atom. The highest BCUT2D eigenvalue weighted by Crippen LogP contribution is 1.80. The smallest absolute Gasteiger partial charge is 0.0116 e. The lowest BCUT2D eigenvalue weighted by molar-refractivity contribution is 0.448. The van der Waals surface area contributed by atoms with Crippen molar-refractivity contribution >= 4 is 10.8 Å². The molecule has 0 bridgehead atoms. The molecule has 0 spiro atoms. The average molecular weight is 120 g/mol. The van der Waals surface area contributed by atoms with E-state index in [1.54, 1.807) is 11.4 Å². The molecule has 0 radical (unpaired) electrons. The van der Waals surface area contributed by atoms with Crippen LogP contribution in [-0.2, 0) is 15.0 Å². The van der Waals surface area contributed by atoms with Crippen LogP contribution in [0, 0.1) is 5.69 Å². The summed E-state index contributed by atoms with van der Waals surface area (Å²) in [5.41, 5.74) is 5.35. The lowest BCUT2D eigenvalue weighted by Crippen LogP contribution is -2.12. The Hall–Kier alpha value is 0.0500. The molecule has 0 saturated heterocycles. The van der Waals surface area contributed by atoms with Gasteiger partial charge in [0.15, 0.2) is 0 Å². The maximum absolute atomic E-state index is 5.35. The fourth-order valence-corrected chi connectivity index (χ4v) is 0.447. The zero-order valence-corrected chi connectivity index (χ0v) is 5.66. The van der Waals surface area contributed by atoms with Crippen LogP contribution in [0.2, 0.25) is 0 Å². The third-order valence-electron chi connectivity index (χ3n) is 0.531. The molecule has 0 saturated carbocycles. The van der Waals surface area contributed by atoms with Crippen LogP contribution < -0.4 is 0 Å². The summed E-state index contributed by atoms with van der Waals surface area (Å²) in [5.74, 6) is 0. The Morgan fingerprint density at radius 3 is 2.00 bits per heavy atom. The van der Waals surface area contributed by atoms with Gasteiger partial charge in [0.25, 0.3) is 0 Å². The number of hydrogen-bond donors (Lipinski definition) is 0. The van der Waals surface area contributed by atoms with E-state index in [4.69, 9.17) is 9.87 Å². The summed E-state index contributed by atoms with van der Waals surface area (Å²) in [6.07, 6.45) is 0. The van der Waals surface area contributed by atoms with Crippen molar-refractivity contribution in [1.82, 2.24) is 4.31 Å². The molecule has 0 aromatic carbocycles. The molecule has 0 N–H and O–H groups in total. The van der Waals surface area contributed by atoms with Gasteiger partial charge in [0, 0.05) is 7.11 Å². The monoisotopic (exact) mass is 120 g/mol. The Labute approximate surface area is 47.0 Å². The normalized spacial score (nSPS) is 10.9. The third kappa shape index (κ3) is 2.71. The Bertz CT molecular complexity index is 102. The zero-order chi connectivity index (χ0) is 5.86. The SMILES string of the molecule is C#[S-](OC)N(C)C. The standard InChI is InChI=1S/C4H10NOS/c1-5(2)7(4)6-3/h4H,1-3H3/q-1. The number of nitrogens with zero attached hydrogens (tertiary/aromatic N) is 1. The minimum absolute atomic E-state index is 0.495. The molecule has 0 aromatic rings. The van der Waals surface area contributed by atoms with E-state index >= 15 is 0 Å². The topological polar surface area (TPSA) is 12.5 Å². The molecule has 7 heavy (non-hydrogen) atoms. The van der Waals surface area contributed by atoms with Gasteiger partial charge in [-0.3, -0.25) is 16.5 Å². The van der Waals surface area contributed by atoms with Crippen LogP contribution in [0.15, 0.2) is 0 Å². The maximum Gasteiger partial charge on any atom is 0.0116 e. The predicted molar refractivity (Wildman–Crippen MR) is 33.0 cm³/mol. The van der Waals surface area contributed by atoms with Gasteiger partial charge in [0.05, 0.1) is 0 Å². The summed E-state index contributed by atoms with van der Waals surface area (Å²) < 4.78 is 6.55. The van der Waals surface area contributed by atoms with Gasteiger partial charge in [-0.1, -0.05) is 0 Å². The number of hydrogen-bond acceptors (Lipinski definition) is 3. The van der Waals surface area contributed by atoms with Crippen molar-refractivity contribution in [3.05, 3.63) is 0 Å². The van der Waals surface area contributed by atoms with E-state index in [9.17, 15) is 0 Å². The molecular formula is C4H10NOS-. The molecule has 0 aliphatic carbocycles. The van der Waals surface area contributed by atoms with E-state index in [1.165, 1.54) is 0 Å². The average Bonchev–Trinajstić information content (AvgIpc) is 1.65. The molecule has 0 rings (SSSR count). The quantitative estimate of drug-likeness (QED) is 0.424. The first-order chi connectivity index (χ1) is 3.18. The van der Waals surface area contributed by atoms with Crippen molar-refractivity contribution < 1.29 is 4.18 Å². The second-order valence-electron chi connectivity index (χ2n) is 1.26. The molecular weight excluding hydrogens is 110 g/mol. The highest BCUT2D eigenvalue weighted by atomic mass is 32.2. The van der Waals surface area contributed by atoms with Gasteiger partial charge in [-0.05, 0) is 14.1 Å². The van der Waals surface area contributed by atoms with Crippen molar-refractivity contribution in [2.24, 2.45) is 0 Å². The maximum atomic E-state index is 5.35. The Morgan fingerprint density at radius 2 is 2.00 bits per heavy atom. The van der Waals surface area contributed by atoms with Crippen molar-refractivity contribution in [2.75, 3.05) is 21.2 Å². The molecule has 0 aliphatic rings. The number of rotatable bonds is 0. The first-order valence-corrected chi connectivity index (χ1v) is 3.06. The van der Waals surface area contributed by atoms with Crippen LogP contribution in [0.3, 0.4) is 0 Å². The predicted octanol–water partition coefficient (Wildman–Crippen LogP) is 0.232. The second kappa shape index (κ2) is 3.10. The lowest BCUT2D eigenvalue weighted by atomic mass is 11.3. The molecule has 0 aromatic heterocycles. The fraction of sp³-hybridized carbons (Fsp3) is 0.750. The minimum atomic E-state index is -0.495. The van der Waals surface area contributed by atoms with E-state index in [2.05, 4.69) is 0 Å². The summed E-state index contributed by atoms with van der Waals surface area (Å²) in [6, 6.07) is 0. The van der Waals surface area contributed by atoms with Gasteiger partial charge in [-0.25, -0.2) is 0 Å². The molecule has 0 amide bonds. The van der Waals surface area contributed by atoms with Crippen molar-refractivity contribution in [1.29, 1.82) is 0 Å². The van der Waals surface area contributed by atoms with Crippen LogP contribution in [0.5, 0.6) is 0 Å². The van der Waals surface area contributed by atoms with Gasteiger partial charge in [-0.2, -0.15) is 0 Å². The highest BCUT2D eigenvalue weighted by molar-refractivity contribution is 7.79. The zero-order valence-electron chi connectivity index (χ0n) is 4.84. The van der Waals surface area contributed by atoms with Crippen molar-refractivity contribution in [3.63, 3.8) is 0 Å².